The highest BCUT2D eigenvalue weighted by molar-refractivity contribution is 6.67. The third-order valence-electron chi connectivity index (χ3n) is 2.70. The summed E-state index contributed by atoms with van der Waals surface area (Å²) >= 11 is 5.36. The number of aromatic amines is 1. The minimum absolute atomic E-state index is 0.179. The molecule has 1 aromatic carbocycles. The smallest absolute Gasteiger partial charge is 0.276 e. The van der Waals surface area contributed by atoms with Crippen molar-refractivity contribution in [3.05, 3.63) is 40.2 Å². The van der Waals surface area contributed by atoms with Crippen LogP contribution in [-0.4, -0.2) is 29.7 Å². The second-order valence-electron chi connectivity index (χ2n) is 3.84. The van der Waals surface area contributed by atoms with Crippen molar-refractivity contribution < 1.29 is 14.3 Å². The van der Waals surface area contributed by atoms with Gasteiger partial charge >= 0.3 is 0 Å². The molecule has 2 aromatic rings. The van der Waals surface area contributed by atoms with Crippen molar-refractivity contribution in [2.24, 2.45) is 0 Å². The summed E-state index contributed by atoms with van der Waals surface area (Å²) in [5.74, 6) is 1.12. The van der Waals surface area contributed by atoms with Crippen LogP contribution in [0.2, 0.25) is 0 Å². The minimum Gasteiger partial charge on any atom is -0.497 e. The van der Waals surface area contributed by atoms with Crippen LogP contribution in [0, 0.1) is 0 Å². The van der Waals surface area contributed by atoms with Gasteiger partial charge in [-0.25, -0.2) is 5.10 Å². The lowest BCUT2D eigenvalue weighted by molar-refractivity contribution is 0.108. The van der Waals surface area contributed by atoms with Gasteiger partial charge < -0.3 is 9.47 Å². The van der Waals surface area contributed by atoms with Crippen LogP contribution in [0.15, 0.2) is 29.1 Å². The molecular formula is C13H11ClN2O4. The van der Waals surface area contributed by atoms with E-state index in [0.29, 0.717) is 22.8 Å². The van der Waals surface area contributed by atoms with Gasteiger partial charge in [0.2, 0.25) is 0 Å². The Bertz CT molecular complexity index is 712. The number of carbonyl (C=O) groups is 1. The molecule has 7 heteroatoms. The lowest BCUT2D eigenvalue weighted by Crippen LogP contribution is -2.16. The fourth-order valence-corrected chi connectivity index (χ4v) is 1.84. The van der Waals surface area contributed by atoms with E-state index in [4.69, 9.17) is 21.1 Å². The van der Waals surface area contributed by atoms with Crippen molar-refractivity contribution in [1.29, 1.82) is 0 Å². The molecule has 20 heavy (non-hydrogen) atoms. The number of hydrogen-bond acceptors (Lipinski definition) is 5. The van der Waals surface area contributed by atoms with E-state index < -0.39 is 10.8 Å². The predicted octanol–water partition coefficient (Wildman–Crippen LogP) is 1.83. The maximum atomic E-state index is 11.4. The first-order valence-electron chi connectivity index (χ1n) is 5.58. The van der Waals surface area contributed by atoms with Crippen molar-refractivity contribution in [2.75, 3.05) is 14.2 Å². The summed E-state index contributed by atoms with van der Waals surface area (Å²) in [5.41, 5.74) is 0.101. The second kappa shape index (κ2) is 5.75. The normalized spacial score (nSPS) is 10.2. The lowest BCUT2D eigenvalue weighted by atomic mass is 10.1. The number of halogens is 1. The van der Waals surface area contributed by atoms with E-state index >= 15 is 0 Å². The summed E-state index contributed by atoms with van der Waals surface area (Å²) in [6.45, 7) is 0. The van der Waals surface area contributed by atoms with Crippen molar-refractivity contribution in [3.8, 4) is 22.8 Å². The van der Waals surface area contributed by atoms with Crippen LogP contribution in [0.4, 0.5) is 0 Å². The van der Waals surface area contributed by atoms with Crippen LogP contribution in [0.3, 0.4) is 0 Å². The van der Waals surface area contributed by atoms with Crippen molar-refractivity contribution in [1.82, 2.24) is 10.2 Å². The number of benzene rings is 1. The van der Waals surface area contributed by atoms with Crippen LogP contribution < -0.4 is 15.0 Å². The van der Waals surface area contributed by atoms with E-state index in [-0.39, 0.29) is 5.56 Å². The van der Waals surface area contributed by atoms with Gasteiger partial charge in [0.25, 0.3) is 10.8 Å². The average molecular weight is 295 g/mol. The first-order chi connectivity index (χ1) is 9.56. The van der Waals surface area contributed by atoms with Gasteiger partial charge in [0.05, 0.1) is 19.9 Å². The molecule has 0 spiro atoms. The monoisotopic (exact) mass is 294 g/mol. The highest BCUT2D eigenvalue weighted by atomic mass is 35.5. The SMILES string of the molecule is COc1ccc(OC)c(-c2cc(C(=O)Cl)c(=O)[nH]n2)c1. The van der Waals surface area contributed by atoms with Gasteiger partial charge in [0, 0.05) is 5.56 Å². The molecule has 1 N–H and O–H groups in total. The molecule has 0 bridgehead atoms. The summed E-state index contributed by atoms with van der Waals surface area (Å²) < 4.78 is 10.4. The Hall–Kier alpha value is -2.34. The summed E-state index contributed by atoms with van der Waals surface area (Å²) in [4.78, 5) is 22.6. The number of nitrogens with zero attached hydrogens (tertiary/aromatic N) is 1. The quantitative estimate of drug-likeness (QED) is 0.870. The van der Waals surface area contributed by atoms with Gasteiger partial charge in [-0.3, -0.25) is 9.59 Å². The summed E-state index contributed by atoms with van der Waals surface area (Å²) in [7, 11) is 3.03. The largest absolute Gasteiger partial charge is 0.497 e. The van der Waals surface area contributed by atoms with Crippen molar-refractivity contribution >= 4 is 16.8 Å². The topological polar surface area (TPSA) is 81.3 Å². The summed E-state index contributed by atoms with van der Waals surface area (Å²) in [6.07, 6.45) is 0. The van der Waals surface area contributed by atoms with Crippen LogP contribution in [0.5, 0.6) is 11.5 Å². The van der Waals surface area contributed by atoms with Gasteiger partial charge in [-0.1, -0.05) is 0 Å². The minimum atomic E-state index is -0.850. The number of hydrogen-bond donors (Lipinski definition) is 1. The van der Waals surface area contributed by atoms with Gasteiger partial charge in [-0.2, -0.15) is 5.10 Å². The predicted molar refractivity (Wildman–Crippen MR) is 73.6 cm³/mol. The fourth-order valence-electron chi connectivity index (χ4n) is 1.70. The molecule has 0 saturated heterocycles. The molecule has 0 aliphatic carbocycles. The molecular weight excluding hydrogens is 284 g/mol. The lowest BCUT2D eigenvalue weighted by Gasteiger charge is -2.10. The fraction of sp³-hybridized carbons (Fsp3) is 0.154. The maximum absolute atomic E-state index is 11.4. The standard InChI is InChI=1S/C13H11ClN2O4/c1-19-7-3-4-11(20-2)8(5-7)10-6-9(12(14)17)13(18)16-15-10/h3-6H,1-2H3,(H,16,18). The van der Waals surface area contributed by atoms with Crippen LogP contribution in [0.25, 0.3) is 11.3 Å². The third kappa shape index (κ3) is 2.65. The van der Waals surface area contributed by atoms with E-state index in [9.17, 15) is 9.59 Å². The Balaban J connectivity index is 2.64. The molecule has 0 aliphatic rings. The molecule has 2 rings (SSSR count). The summed E-state index contributed by atoms with van der Waals surface area (Å²) in [5, 5.41) is 5.27. The molecule has 0 amide bonds. The first kappa shape index (κ1) is 14.1. The molecule has 0 radical (unpaired) electrons. The Kier molecular flexibility index (Phi) is 4.05. The van der Waals surface area contributed by atoms with Crippen molar-refractivity contribution in [3.63, 3.8) is 0 Å². The third-order valence-corrected chi connectivity index (χ3v) is 2.90. The first-order valence-corrected chi connectivity index (χ1v) is 5.96. The van der Waals surface area contributed by atoms with Crippen molar-refractivity contribution in [2.45, 2.75) is 0 Å². The highest BCUT2D eigenvalue weighted by Crippen LogP contribution is 2.31. The maximum Gasteiger partial charge on any atom is 0.276 e. The zero-order chi connectivity index (χ0) is 14.7. The molecule has 0 saturated carbocycles. The van der Waals surface area contributed by atoms with Gasteiger partial charge in [-0.15, -0.1) is 0 Å². The molecule has 0 atom stereocenters. The Labute approximate surface area is 119 Å². The number of nitrogens with one attached hydrogen (secondary N) is 1. The molecule has 6 nitrogen and oxygen atoms in total. The summed E-state index contributed by atoms with van der Waals surface area (Å²) in [6, 6.07) is 6.41. The average Bonchev–Trinajstić information content (AvgIpc) is 2.46. The molecule has 0 aliphatic heterocycles. The Morgan fingerprint density at radius 3 is 2.60 bits per heavy atom. The second-order valence-corrected chi connectivity index (χ2v) is 4.18. The van der Waals surface area contributed by atoms with Crippen LogP contribution in [0.1, 0.15) is 10.4 Å². The van der Waals surface area contributed by atoms with E-state index in [2.05, 4.69) is 10.2 Å². The van der Waals surface area contributed by atoms with E-state index in [1.807, 2.05) is 0 Å². The van der Waals surface area contributed by atoms with Gasteiger partial charge in [-0.05, 0) is 35.9 Å². The van der Waals surface area contributed by atoms with E-state index in [1.54, 1.807) is 18.2 Å². The zero-order valence-electron chi connectivity index (χ0n) is 10.8. The number of aromatic nitrogens is 2. The Morgan fingerprint density at radius 1 is 1.25 bits per heavy atom. The van der Waals surface area contributed by atoms with E-state index in [1.165, 1.54) is 20.3 Å². The van der Waals surface area contributed by atoms with E-state index in [0.717, 1.165) is 0 Å². The Morgan fingerprint density at radius 2 is 2.00 bits per heavy atom. The molecule has 0 unspecified atom stereocenters. The van der Waals surface area contributed by atoms with Crippen LogP contribution >= 0.6 is 11.6 Å². The number of rotatable bonds is 4. The van der Waals surface area contributed by atoms with Crippen LogP contribution in [-0.2, 0) is 0 Å². The van der Waals surface area contributed by atoms with Gasteiger partial charge in [0.1, 0.15) is 17.1 Å². The number of carbonyl (C=O) groups excluding carboxylic acids is 1. The molecule has 1 heterocycles. The van der Waals surface area contributed by atoms with Gasteiger partial charge in [0.15, 0.2) is 0 Å². The number of H-pyrrole nitrogens is 1. The molecule has 104 valence electrons. The number of ether oxygens (including phenoxy) is 2. The molecule has 0 fully saturated rings. The number of methoxy groups -OCH3 is 2. The zero-order valence-corrected chi connectivity index (χ0v) is 11.5. The molecule has 1 aromatic heterocycles. The highest BCUT2D eigenvalue weighted by Gasteiger charge is 2.14.